The van der Waals surface area contributed by atoms with Crippen LogP contribution in [0.2, 0.25) is 0 Å². The Labute approximate surface area is 109 Å². The molecule has 1 rings (SSSR count). The van der Waals surface area contributed by atoms with E-state index >= 15 is 0 Å². The van der Waals surface area contributed by atoms with Crippen LogP contribution < -0.4 is 0 Å². The van der Waals surface area contributed by atoms with Crippen molar-refractivity contribution in [2.45, 2.75) is 26.2 Å². The molecule has 0 spiro atoms. The molecule has 1 unspecified atom stereocenters. The quantitative estimate of drug-likeness (QED) is 0.510. The van der Waals surface area contributed by atoms with Gasteiger partial charge >= 0.3 is 0 Å². The number of halogens is 1. The van der Waals surface area contributed by atoms with Crippen LogP contribution in [0.3, 0.4) is 0 Å². The lowest BCUT2D eigenvalue weighted by Gasteiger charge is -2.15. The first-order valence-corrected chi connectivity index (χ1v) is 7.80. The van der Waals surface area contributed by atoms with Gasteiger partial charge in [-0.25, -0.2) is 0 Å². The van der Waals surface area contributed by atoms with Crippen LogP contribution in [-0.2, 0) is 6.42 Å². The Morgan fingerprint density at radius 1 is 1.31 bits per heavy atom. The van der Waals surface area contributed by atoms with Crippen molar-refractivity contribution in [1.82, 2.24) is 0 Å². The fraction of sp³-hybridized carbons (Fsp3) is 0.571. The third kappa shape index (κ3) is 4.80. The zero-order valence-corrected chi connectivity index (χ0v) is 11.8. The lowest BCUT2D eigenvalue weighted by molar-refractivity contribution is 0.529. The molecule has 0 radical (unpaired) electrons. The zero-order chi connectivity index (χ0) is 11.8. The standard InChI is InChI=1S/C14H21ClS/c1-12-6-3-4-8-14(12)10-13(11-15)7-5-9-16-2/h3-4,6,8,13H,5,7,9-11H2,1-2H3. The van der Waals surface area contributed by atoms with E-state index in [1.54, 1.807) is 0 Å². The molecule has 1 atom stereocenters. The van der Waals surface area contributed by atoms with E-state index in [9.17, 15) is 0 Å². The Balaban J connectivity index is 2.46. The molecule has 90 valence electrons. The van der Waals surface area contributed by atoms with E-state index in [1.807, 2.05) is 11.8 Å². The molecule has 0 heterocycles. The van der Waals surface area contributed by atoms with E-state index in [4.69, 9.17) is 11.6 Å². The Morgan fingerprint density at radius 2 is 2.06 bits per heavy atom. The molecule has 1 aromatic carbocycles. The molecule has 0 N–H and O–H groups in total. The summed E-state index contributed by atoms with van der Waals surface area (Å²) in [5.41, 5.74) is 2.85. The summed E-state index contributed by atoms with van der Waals surface area (Å²) in [5.74, 6) is 2.67. The highest BCUT2D eigenvalue weighted by atomic mass is 35.5. The van der Waals surface area contributed by atoms with Gasteiger partial charge in [0.2, 0.25) is 0 Å². The maximum absolute atomic E-state index is 6.04. The Morgan fingerprint density at radius 3 is 2.69 bits per heavy atom. The molecule has 0 nitrogen and oxygen atoms in total. The van der Waals surface area contributed by atoms with E-state index in [0.29, 0.717) is 5.92 Å². The molecule has 0 bridgehead atoms. The fourth-order valence-electron chi connectivity index (χ4n) is 1.90. The molecule has 0 aliphatic rings. The molecule has 0 fully saturated rings. The normalized spacial score (nSPS) is 12.7. The van der Waals surface area contributed by atoms with E-state index in [0.717, 1.165) is 12.3 Å². The lowest BCUT2D eigenvalue weighted by atomic mass is 9.94. The van der Waals surface area contributed by atoms with Crippen molar-refractivity contribution in [2.24, 2.45) is 5.92 Å². The monoisotopic (exact) mass is 256 g/mol. The minimum Gasteiger partial charge on any atom is -0.165 e. The molecular weight excluding hydrogens is 236 g/mol. The minimum atomic E-state index is 0.634. The third-order valence-electron chi connectivity index (χ3n) is 2.95. The van der Waals surface area contributed by atoms with Crippen LogP contribution in [0.5, 0.6) is 0 Å². The predicted octanol–water partition coefficient (Wildman–Crippen LogP) is 4.54. The first kappa shape index (κ1) is 13.9. The molecule has 0 aliphatic carbocycles. The van der Waals surface area contributed by atoms with Crippen LogP contribution in [0.4, 0.5) is 0 Å². The average Bonchev–Trinajstić information content (AvgIpc) is 2.30. The van der Waals surface area contributed by atoms with Gasteiger partial charge in [0, 0.05) is 5.88 Å². The van der Waals surface area contributed by atoms with Gasteiger partial charge in [0.15, 0.2) is 0 Å². The van der Waals surface area contributed by atoms with Gasteiger partial charge in [-0.3, -0.25) is 0 Å². The van der Waals surface area contributed by atoms with Gasteiger partial charge in [0.25, 0.3) is 0 Å². The van der Waals surface area contributed by atoms with Crippen LogP contribution in [0.15, 0.2) is 24.3 Å². The summed E-state index contributed by atoms with van der Waals surface area (Å²) in [7, 11) is 0. The summed E-state index contributed by atoms with van der Waals surface area (Å²) < 4.78 is 0. The number of thioether (sulfide) groups is 1. The highest BCUT2D eigenvalue weighted by Gasteiger charge is 2.09. The summed E-state index contributed by atoms with van der Waals surface area (Å²) in [6, 6.07) is 8.63. The van der Waals surface area contributed by atoms with E-state index < -0.39 is 0 Å². The van der Waals surface area contributed by atoms with Crippen molar-refractivity contribution in [3.8, 4) is 0 Å². The summed E-state index contributed by atoms with van der Waals surface area (Å²) in [4.78, 5) is 0. The summed E-state index contributed by atoms with van der Waals surface area (Å²) >= 11 is 7.96. The van der Waals surface area contributed by atoms with Crippen molar-refractivity contribution in [3.05, 3.63) is 35.4 Å². The third-order valence-corrected chi connectivity index (χ3v) is 4.08. The number of hydrogen-bond acceptors (Lipinski definition) is 1. The number of aryl methyl sites for hydroxylation is 1. The highest BCUT2D eigenvalue weighted by Crippen LogP contribution is 2.19. The van der Waals surface area contributed by atoms with Gasteiger partial charge < -0.3 is 0 Å². The lowest BCUT2D eigenvalue weighted by Crippen LogP contribution is -2.08. The van der Waals surface area contributed by atoms with Crippen molar-refractivity contribution in [3.63, 3.8) is 0 Å². The molecule has 2 heteroatoms. The van der Waals surface area contributed by atoms with Gasteiger partial charge in [-0.15, -0.1) is 11.6 Å². The van der Waals surface area contributed by atoms with Crippen molar-refractivity contribution >= 4 is 23.4 Å². The average molecular weight is 257 g/mol. The molecule has 0 aliphatic heterocycles. The number of hydrogen-bond donors (Lipinski definition) is 0. The van der Waals surface area contributed by atoms with Crippen LogP contribution >= 0.6 is 23.4 Å². The van der Waals surface area contributed by atoms with Gasteiger partial charge in [0.05, 0.1) is 0 Å². The van der Waals surface area contributed by atoms with Crippen molar-refractivity contribution in [1.29, 1.82) is 0 Å². The summed E-state index contributed by atoms with van der Waals surface area (Å²) in [6.45, 7) is 2.18. The second kappa shape index (κ2) is 8.03. The number of rotatable bonds is 7. The van der Waals surface area contributed by atoms with Crippen LogP contribution in [-0.4, -0.2) is 17.9 Å². The summed E-state index contributed by atoms with van der Waals surface area (Å²) in [5, 5.41) is 0. The second-order valence-electron chi connectivity index (χ2n) is 4.29. The van der Waals surface area contributed by atoms with E-state index in [2.05, 4.69) is 37.4 Å². The maximum Gasteiger partial charge on any atom is 0.0254 e. The SMILES string of the molecule is CSCCCC(CCl)Cc1ccccc1C. The van der Waals surface area contributed by atoms with Crippen LogP contribution in [0, 0.1) is 12.8 Å². The first-order chi connectivity index (χ1) is 7.77. The molecule has 0 aromatic heterocycles. The zero-order valence-electron chi connectivity index (χ0n) is 10.2. The smallest absolute Gasteiger partial charge is 0.0254 e. The molecule has 1 aromatic rings. The largest absolute Gasteiger partial charge is 0.165 e. The fourth-order valence-corrected chi connectivity index (χ4v) is 2.62. The molecule has 16 heavy (non-hydrogen) atoms. The number of alkyl halides is 1. The van der Waals surface area contributed by atoms with Gasteiger partial charge in [-0.05, 0) is 55.2 Å². The Bertz CT molecular complexity index is 299. The molecular formula is C14H21ClS. The highest BCUT2D eigenvalue weighted by molar-refractivity contribution is 7.98. The van der Waals surface area contributed by atoms with E-state index in [1.165, 1.54) is 29.7 Å². The van der Waals surface area contributed by atoms with Gasteiger partial charge in [0.1, 0.15) is 0 Å². The summed E-state index contributed by atoms with van der Waals surface area (Å²) in [6.07, 6.45) is 5.82. The minimum absolute atomic E-state index is 0.634. The number of benzene rings is 1. The van der Waals surface area contributed by atoms with Crippen molar-refractivity contribution in [2.75, 3.05) is 17.9 Å². The Hall–Kier alpha value is -0.140. The molecule has 0 saturated heterocycles. The Kier molecular flexibility index (Phi) is 6.98. The van der Waals surface area contributed by atoms with Gasteiger partial charge in [-0.2, -0.15) is 11.8 Å². The van der Waals surface area contributed by atoms with E-state index in [-0.39, 0.29) is 0 Å². The molecule has 0 amide bonds. The van der Waals surface area contributed by atoms with Crippen LogP contribution in [0.25, 0.3) is 0 Å². The first-order valence-electron chi connectivity index (χ1n) is 5.87. The second-order valence-corrected chi connectivity index (χ2v) is 5.58. The topological polar surface area (TPSA) is 0 Å². The predicted molar refractivity (Wildman–Crippen MR) is 76.7 cm³/mol. The van der Waals surface area contributed by atoms with Gasteiger partial charge in [-0.1, -0.05) is 24.3 Å². The maximum atomic E-state index is 6.04. The molecule has 0 saturated carbocycles. The van der Waals surface area contributed by atoms with Crippen molar-refractivity contribution < 1.29 is 0 Å². The van der Waals surface area contributed by atoms with Crippen LogP contribution in [0.1, 0.15) is 24.0 Å².